The molecule has 9 nitrogen and oxygen atoms in total. The van der Waals surface area contributed by atoms with E-state index in [0.717, 1.165) is 6.42 Å². The molecule has 0 radical (unpaired) electrons. The summed E-state index contributed by atoms with van der Waals surface area (Å²) in [6.07, 6.45) is -1.80. The van der Waals surface area contributed by atoms with E-state index in [2.05, 4.69) is 5.32 Å². The molecule has 4 atom stereocenters. The minimum absolute atomic E-state index is 0.119. The molecule has 3 heterocycles. The van der Waals surface area contributed by atoms with Gasteiger partial charge in [0.1, 0.15) is 6.10 Å². The molecule has 0 aliphatic carbocycles. The van der Waals surface area contributed by atoms with Gasteiger partial charge in [-0.25, -0.2) is 4.79 Å². The number of imide groups is 1. The summed E-state index contributed by atoms with van der Waals surface area (Å²) in [6.45, 7) is 1.11. The Morgan fingerprint density at radius 2 is 2.00 bits per heavy atom. The van der Waals surface area contributed by atoms with Crippen molar-refractivity contribution in [3.05, 3.63) is 0 Å². The van der Waals surface area contributed by atoms with E-state index in [1.54, 1.807) is 0 Å². The Bertz CT molecular complexity index is 407. The van der Waals surface area contributed by atoms with Crippen LogP contribution in [0.15, 0.2) is 0 Å². The highest BCUT2D eigenvalue weighted by atomic mass is 16.7. The van der Waals surface area contributed by atoms with Crippen LogP contribution >= 0.6 is 0 Å². The molecule has 3 rings (SSSR count). The minimum atomic E-state index is -1.83. The van der Waals surface area contributed by atoms with Gasteiger partial charge in [0.2, 0.25) is 5.91 Å². The molecule has 3 fully saturated rings. The van der Waals surface area contributed by atoms with E-state index >= 15 is 0 Å². The minimum Gasteiger partial charge on any atom is -0.450 e. The van der Waals surface area contributed by atoms with Crippen LogP contribution in [0, 0.1) is 5.92 Å². The highest BCUT2D eigenvalue weighted by Crippen LogP contribution is 2.34. The maximum atomic E-state index is 11.3. The molecule has 0 aromatic carbocycles. The van der Waals surface area contributed by atoms with Gasteiger partial charge in [0.05, 0.1) is 25.7 Å². The van der Waals surface area contributed by atoms with E-state index in [0.29, 0.717) is 13.2 Å². The molecule has 0 bridgehead atoms. The summed E-state index contributed by atoms with van der Waals surface area (Å²) in [5.41, 5.74) is 0. The molecule has 0 spiro atoms. The fourth-order valence-corrected chi connectivity index (χ4v) is 2.42. The Kier molecular flexibility index (Phi) is 4.53. The topological polar surface area (TPSA) is 131 Å². The quantitative estimate of drug-likeness (QED) is 0.574. The number of nitrogens with one attached hydrogen (secondary N) is 1. The van der Waals surface area contributed by atoms with Gasteiger partial charge in [-0.1, -0.05) is 0 Å². The van der Waals surface area contributed by atoms with E-state index in [1.165, 1.54) is 0 Å². The van der Waals surface area contributed by atoms with Crippen LogP contribution in [0.4, 0.5) is 4.79 Å². The van der Waals surface area contributed by atoms with Gasteiger partial charge in [0, 0.05) is 5.92 Å². The number of ether oxygens (including phenoxy) is 3. The lowest BCUT2D eigenvalue weighted by molar-refractivity contribution is -0.133. The number of hydrogen-bond donors (Lipinski definition) is 3. The van der Waals surface area contributed by atoms with E-state index in [1.807, 2.05) is 0 Å². The van der Waals surface area contributed by atoms with Crippen LogP contribution in [0.25, 0.3) is 0 Å². The summed E-state index contributed by atoms with van der Waals surface area (Å²) in [7, 11) is 0. The molecule has 2 amide bonds. The zero-order chi connectivity index (χ0) is 14.7. The Morgan fingerprint density at radius 3 is 2.60 bits per heavy atom. The first-order valence-electron chi connectivity index (χ1n) is 6.11. The normalized spacial score (nSPS) is 35.2. The third-order valence-electron chi connectivity index (χ3n) is 3.25. The summed E-state index contributed by atoms with van der Waals surface area (Å²) in [4.78, 5) is 30.9. The molecular formula is C11H15NO8. The monoisotopic (exact) mass is 289 g/mol. The molecule has 3 aliphatic rings. The zero-order valence-corrected chi connectivity index (χ0v) is 10.5. The van der Waals surface area contributed by atoms with Gasteiger partial charge in [-0.3, -0.25) is 14.9 Å². The smallest absolute Gasteiger partial charge is 0.450 e. The molecule has 3 saturated heterocycles. The summed E-state index contributed by atoms with van der Waals surface area (Å²) in [5, 5.41) is 16.2. The second kappa shape index (κ2) is 6.16. The molecule has 0 aromatic heterocycles. The largest absolute Gasteiger partial charge is 0.503 e. The molecule has 3 aliphatic heterocycles. The van der Waals surface area contributed by atoms with Gasteiger partial charge in [-0.05, 0) is 6.42 Å². The number of carbonyl (C=O) groups excluding carboxylic acids is 2. The second-order valence-corrected chi connectivity index (χ2v) is 4.59. The van der Waals surface area contributed by atoms with Crippen molar-refractivity contribution in [1.82, 2.24) is 5.32 Å². The highest BCUT2D eigenvalue weighted by molar-refractivity contribution is 6.04. The van der Waals surface area contributed by atoms with E-state index in [-0.39, 0.29) is 36.5 Å². The highest BCUT2D eigenvalue weighted by Gasteiger charge is 2.45. The van der Waals surface area contributed by atoms with Crippen LogP contribution in [0.5, 0.6) is 0 Å². The van der Waals surface area contributed by atoms with Gasteiger partial charge < -0.3 is 24.4 Å². The van der Waals surface area contributed by atoms with Crippen molar-refractivity contribution < 1.29 is 38.8 Å². The Labute approximate surface area is 113 Å². The van der Waals surface area contributed by atoms with Crippen LogP contribution in [0.3, 0.4) is 0 Å². The number of amides is 2. The predicted octanol–water partition coefficient (Wildman–Crippen LogP) is -0.598. The third-order valence-corrected chi connectivity index (χ3v) is 3.25. The van der Waals surface area contributed by atoms with Crippen LogP contribution in [0.1, 0.15) is 12.8 Å². The molecule has 3 N–H and O–H groups in total. The molecule has 9 heteroatoms. The molecule has 0 saturated carbocycles. The lowest BCUT2D eigenvalue weighted by Crippen LogP contribution is -2.33. The molecular weight excluding hydrogens is 274 g/mol. The van der Waals surface area contributed by atoms with Crippen molar-refractivity contribution >= 4 is 18.0 Å². The van der Waals surface area contributed by atoms with Gasteiger partial charge in [0.15, 0.2) is 6.29 Å². The zero-order valence-electron chi connectivity index (χ0n) is 10.5. The fourth-order valence-electron chi connectivity index (χ4n) is 2.42. The van der Waals surface area contributed by atoms with Crippen LogP contribution in [-0.2, 0) is 23.8 Å². The third kappa shape index (κ3) is 3.44. The van der Waals surface area contributed by atoms with Gasteiger partial charge in [-0.15, -0.1) is 0 Å². The van der Waals surface area contributed by atoms with Crippen molar-refractivity contribution in [3.8, 4) is 0 Å². The van der Waals surface area contributed by atoms with Crippen LogP contribution in [0.2, 0.25) is 0 Å². The fraction of sp³-hybridized carbons (Fsp3) is 0.727. The van der Waals surface area contributed by atoms with Gasteiger partial charge >= 0.3 is 6.16 Å². The SMILES string of the molecule is O=C(O)O.O=C1CC(O[C@H]2CO[C@H]3OCC[C@H]32)C(=O)N1. The summed E-state index contributed by atoms with van der Waals surface area (Å²) >= 11 is 0. The second-order valence-electron chi connectivity index (χ2n) is 4.59. The molecule has 20 heavy (non-hydrogen) atoms. The lowest BCUT2D eigenvalue weighted by atomic mass is 10.0. The van der Waals surface area contributed by atoms with E-state index in [9.17, 15) is 9.59 Å². The number of carboxylic acid groups (broad SMARTS) is 2. The number of hydrogen-bond acceptors (Lipinski definition) is 6. The van der Waals surface area contributed by atoms with Gasteiger partial charge in [-0.2, -0.15) is 0 Å². The van der Waals surface area contributed by atoms with E-state index < -0.39 is 12.3 Å². The maximum Gasteiger partial charge on any atom is 0.503 e. The molecule has 1 unspecified atom stereocenters. The van der Waals surface area contributed by atoms with Crippen molar-refractivity contribution in [1.29, 1.82) is 0 Å². The Balaban J connectivity index is 0.000000328. The van der Waals surface area contributed by atoms with E-state index in [4.69, 9.17) is 29.2 Å². The Morgan fingerprint density at radius 1 is 1.30 bits per heavy atom. The summed E-state index contributed by atoms with van der Waals surface area (Å²) in [5.74, 6) is -0.413. The van der Waals surface area contributed by atoms with Crippen molar-refractivity contribution in [3.63, 3.8) is 0 Å². The summed E-state index contributed by atoms with van der Waals surface area (Å²) < 4.78 is 16.4. The predicted molar refractivity (Wildman–Crippen MR) is 60.9 cm³/mol. The first-order chi connectivity index (χ1) is 9.47. The van der Waals surface area contributed by atoms with Crippen molar-refractivity contribution in [2.24, 2.45) is 5.92 Å². The first kappa shape index (κ1) is 14.7. The number of carbonyl (C=O) groups is 3. The van der Waals surface area contributed by atoms with Gasteiger partial charge in [0.25, 0.3) is 5.91 Å². The first-order valence-corrected chi connectivity index (χ1v) is 6.11. The number of rotatable bonds is 2. The molecule has 0 aromatic rings. The maximum absolute atomic E-state index is 11.3. The average Bonchev–Trinajstić information content (AvgIpc) is 2.97. The summed E-state index contributed by atoms with van der Waals surface area (Å²) in [6, 6.07) is 0. The van der Waals surface area contributed by atoms with Crippen molar-refractivity contribution in [2.75, 3.05) is 13.2 Å². The lowest BCUT2D eigenvalue weighted by Gasteiger charge is -2.18. The van der Waals surface area contributed by atoms with Crippen LogP contribution in [-0.4, -0.2) is 59.9 Å². The van der Waals surface area contributed by atoms with Crippen LogP contribution < -0.4 is 5.32 Å². The standard InChI is InChI=1S/C10H13NO5.CH2O3/c12-8-3-6(9(13)11-8)16-7-4-15-10-5(7)1-2-14-10;2-1(3)4/h5-7,10H,1-4H2,(H,11,12,13);(H2,2,3,4)/t5-,6?,7-,10+;/m0./s1. The molecule has 112 valence electrons. The number of fused-ring (bicyclic) bond motifs is 1. The Hall–Kier alpha value is -1.71. The van der Waals surface area contributed by atoms with Crippen molar-refractivity contribution in [2.45, 2.75) is 31.3 Å². The average molecular weight is 289 g/mol.